The molecule has 2 unspecified atom stereocenters. The van der Waals surface area contributed by atoms with Crippen LogP contribution in [0.3, 0.4) is 0 Å². The van der Waals surface area contributed by atoms with Crippen LogP contribution in [-0.4, -0.2) is 43.0 Å². The molecular formula is C14H22N4O3. The molecule has 4 N–H and O–H groups in total. The molecule has 0 spiro atoms. The van der Waals surface area contributed by atoms with E-state index in [0.29, 0.717) is 30.7 Å². The van der Waals surface area contributed by atoms with Crippen LogP contribution in [0.2, 0.25) is 0 Å². The van der Waals surface area contributed by atoms with E-state index in [0.717, 1.165) is 0 Å². The van der Waals surface area contributed by atoms with E-state index in [2.05, 4.69) is 34.4 Å². The van der Waals surface area contributed by atoms with Gasteiger partial charge in [-0.25, -0.2) is 4.79 Å². The number of carbonyl (C=O) groups excluding carboxylic acids is 3. The van der Waals surface area contributed by atoms with Crippen LogP contribution in [0.15, 0.2) is 24.3 Å². The van der Waals surface area contributed by atoms with Crippen molar-refractivity contribution < 1.29 is 14.4 Å². The second kappa shape index (κ2) is 7.47. The lowest BCUT2D eigenvalue weighted by atomic mass is 10.0. The van der Waals surface area contributed by atoms with Gasteiger partial charge in [0.15, 0.2) is 0 Å². The number of hydrogen-bond acceptors (Lipinski definition) is 3. The molecule has 1 heterocycles. The summed E-state index contributed by atoms with van der Waals surface area (Å²) < 4.78 is 0. The summed E-state index contributed by atoms with van der Waals surface area (Å²) in [5.74, 6) is -0.482. The molecule has 0 aliphatic carbocycles. The van der Waals surface area contributed by atoms with Gasteiger partial charge in [0.1, 0.15) is 0 Å². The lowest BCUT2D eigenvalue weighted by Crippen LogP contribution is -2.60. The quantitative estimate of drug-likeness (QED) is 0.511. The maximum absolute atomic E-state index is 11.6. The average molecular weight is 294 g/mol. The first-order valence-electron chi connectivity index (χ1n) is 6.74. The summed E-state index contributed by atoms with van der Waals surface area (Å²) in [6.45, 7) is 11.0. The van der Waals surface area contributed by atoms with Crippen LogP contribution in [0.25, 0.3) is 0 Å². The summed E-state index contributed by atoms with van der Waals surface area (Å²) in [4.78, 5) is 34.4. The fourth-order valence-electron chi connectivity index (χ4n) is 1.88. The molecular weight excluding hydrogens is 272 g/mol. The minimum Gasteiger partial charge on any atom is -0.350 e. The summed E-state index contributed by atoms with van der Waals surface area (Å²) in [7, 11) is 0. The second-order valence-electron chi connectivity index (χ2n) is 5.23. The zero-order chi connectivity index (χ0) is 16.0. The maximum atomic E-state index is 11.6. The molecule has 7 heteroatoms. The van der Waals surface area contributed by atoms with E-state index >= 15 is 0 Å². The van der Waals surface area contributed by atoms with Crippen LogP contribution in [0.1, 0.15) is 20.3 Å². The van der Waals surface area contributed by atoms with E-state index in [1.54, 1.807) is 13.8 Å². The van der Waals surface area contributed by atoms with Gasteiger partial charge < -0.3 is 21.3 Å². The first kappa shape index (κ1) is 16.7. The smallest absolute Gasteiger partial charge is 0.315 e. The van der Waals surface area contributed by atoms with Gasteiger partial charge in [-0.05, 0) is 20.3 Å². The molecule has 0 bridgehead atoms. The molecule has 21 heavy (non-hydrogen) atoms. The number of nitrogens with one attached hydrogen (secondary N) is 4. The molecule has 0 radical (unpaired) electrons. The molecule has 1 aliphatic rings. The Kier molecular flexibility index (Phi) is 5.95. The second-order valence-corrected chi connectivity index (χ2v) is 5.23. The normalized spacial score (nSPS) is 20.8. The first-order valence-corrected chi connectivity index (χ1v) is 6.74. The lowest BCUT2D eigenvalue weighted by molar-refractivity contribution is -0.118. The topological polar surface area (TPSA) is 99.3 Å². The molecule has 1 fully saturated rings. The molecule has 0 aromatic rings. The summed E-state index contributed by atoms with van der Waals surface area (Å²) in [6, 6.07) is -0.687. The van der Waals surface area contributed by atoms with Crippen LogP contribution in [0.5, 0.6) is 0 Å². The Labute approximate surface area is 124 Å². The first-order chi connectivity index (χ1) is 9.79. The zero-order valence-corrected chi connectivity index (χ0v) is 12.4. The van der Waals surface area contributed by atoms with Gasteiger partial charge in [0, 0.05) is 36.3 Å². The van der Waals surface area contributed by atoms with E-state index in [-0.39, 0.29) is 29.9 Å². The Morgan fingerprint density at radius 2 is 1.43 bits per heavy atom. The van der Waals surface area contributed by atoms with Crippen molar-refractivity contribution >= 4 is 17.8 Å². The van der Waals surface area contributed by atoms with Crippen molar-refractivity contribution in [3.05, 3.63) is 24.3 Å². The van der Waals surface area contributed by atoms with Crippen LogP contribution in [-0.2, 0) is 9.59 Å². The molecule has 116 valence electrons. The third-order valence-corrected chi connectivity index (χ3v) is 3.03. The van der Waals surface area contributed by atoms with Gasteiger partial charge in [0.25, 0.3) is 0 Å². The summed E-state index contributed by atoms with van der Waals surface area (Å²) in [5.41, 5.74) is 0.834. The Bertz CT molecular complexity index is 433. The SMILES string of the molecule is C=C(C)C(=O)NCC1CC(CNC(=O)C(=C)C)NC(=O)N1. The molecule has 1 rings (SSSR count). The number of hydrogen-bond donors (Lipinski definition) is 4. The van der Waals surface area contributed by atoms with Crippen LogP contribution >= 0.6 is 0 Å². The number of amides is 4. The highest BCUT2D eigenvalue weighted by molar-refractivity contribution is 5.92. The fourth-order valence-corrected chi connectivity index (χ4v) is 1.88. The van der Waals surface area contributed by atoms with Crippen molar-refractivity contribution in [2.45, 2.75) is 32.4 Å². The van der Waals surface area contributed by atoms with Gasteiger partial charge in [-0.2, -0.15) is 0 Å². The number of urea groups is 1. The molecule has 4 amide bonds. The van der Waals surface area contributed by atoms with Crippen LogP contribution < -0.4 is 21.3 Å². The van der Waals surface area contributed by atoms with E-state index in [9.17, 15) is 14.4 Å². The standard InChI is InChI=1S/C14H22N4O3/c1-8(2)12(19)15-6-10-5-11(18-14(21)17-10)7-16-13(20)9(3)4/h10-11H,1,3,5-7H2,2,4H3,(H,15,19)(H,16,20)(H2,17,18,21). The molecule has 0 aromatic carbocycles. The van der Waals surface area contributed by atoms with Gasteiger partial charge in [-0.15, -0.1) is 0 Å². The van der Waals surface area contributed by atoms with Crippen LogP contribution in [0, 0.1) is 0 Å². The van der Waals surface area contributed by atoms with E-state index < -0.39 is 0 Å². The predicted octanol–water partition coefficient (Wildman–Crippen LogP) is -0.189. The van der Waals surface area contributed by atoms with E-state index in [1.165, 1.54) is 0 Å². The third-order valence-electron chi connectivity index (χ3n) is 3.03. The summed E-state index contributed by atoms with van der Waals surface area (Å²) in [6.07, 6.45) is 0.596. The van der Waals surface area contributed by atoms with Crippen molar-refractivity contribution in [2.24, 2.45) is 0 Å². The van der Waals surface area contributed by atoms with Crippen molar-refractivity contribution in [2.75, 3.05) is 13.1 Å². The minimum absolute atomic E-state index is 0.186. The molecule has 0 aromatic heterocycles. The largest absolute Gasteiger partial charge is 0.350 e. The maximum Gasteiger partial charge on any atom is 0.315 e. The minimum atomic E-state index is -0.314. The highest BCUT2D eigenvalue weighted by Gasteiger charge is 2.26. The number of carbonyl (C=O) groups is 3. The third kappa shape index (κ3) is 5.68. The monoisotopic (exact) mass is 294 g/mol. The molecule has 7 nitrogen and oxygen atoms in total. The van der Waals surface area contributed by atoms with Gasteiger partial charge in [-0.3, -0.25) is 9.59 Å². The highest BCUT2D eigenvalue weighted by atomic mass is 16.2. The van der Waals surface area contributed by atoms with Gasteiger partial charge >= 0.3 is 6.03 Å². The highest BCUT2D eigenvalue weighted by Crippen LogP contribution is 2.04. The van der Waals surface area contributed by atoms with E-state index in [4.69, 9.17) is 0 Å². The Morgan fingerprint density at radius 1 is 1.05 bits per heavy atom. The Balaban J connectivity index is 2.44. The van der Waals surface area contributed by atoms with Crippen molar-refractivity contribution in [1.82, 2.24) is 21.3 Å². The molecule has 0 saturated carbocycles. The fraction of sp³-hybridized carbons (Fsp3) is 0.500. The summed E-state index contributed by atoms with van der Waals surface area (Å²) >= 11 is 0. The summed E-state index contributed by atoms with van der Waals surface area (Å²) in [5, 5.41) is 10.8. The van der Waals surface area contributed by atoms with Gasteiger partial charge in [0.05, 0.1) is 0 Å². The molecule has 2 atom stereocenters. The van der Waals surface area contributed by atoms with Gasteiger partial charge in [-0.1, -0.05) is 13.2 Å². The lowest BCUT2D eigenvalue weighted by Gasteiger charge is -2.31. The van der Waals surface area contributed by atoms with Crippen molar-refractivity contribution in [3.63, 3.8) is 0 Å². The van der Waals surface area contributed by atoms with Gasteiger partial charge in [0.2, 0.25) is 11.8 Å². The van der Waals surface area contributed by atoms with E-state index in [1.807, 2.05) is 0 Å². The van der Waals surface area contributed by atoms with Crippen LogP contribution in [0.4, 0.5) is 4.79 Å². The molecule has 1 saturated heterocycles. The molecule has 1 aliphatic heterocycles. The predicted molar refractivity (Wildman–Crippen MR) is 79.5 cm³/mol. The average Bonchev–Trinajstić information content (AvgIpc) is 2.41. The zero-order valence-electron chi connectivity index (χ0n) is 12.4. The Hall–Kier alpha value is -2.31. The Morgan fingerprint density at radius 3 is 1.76 bits per heavy atom. The number of rotatable bonds is 6. The van der Waals surface area contributed by atoms with Crippen molar-refractivity contribution in [1.29, 1.82) is 0 Å². The van der Waals surface area contributed by atoms with Crippen molar-refractivity contribution in [3.8, 4) is 0 Å².